The van der Waals surface area contributed by atoms with Crippen molar-refractivity contribution in [1.82, 2.24) is 19.7 Å². The zero-order valence-electron chi connectivity index (χ0n) is 21.1. The number of methoxy groups -OCH3 is 1. The number of unbranched alkanes of at least 4 members (excludes halogenated alkanes) is 1. The third kappa shape index (κ3) is 9.50. The van der Waals surface area contributed by atoms with Gasteiger partial charge in [0.15, 0.2) is 0 Å². The zero-order chi connectivity index (χ0) is 25.1. The van der Waals surface area contributed by atoms with Gasteiger partial charge in [-0.1, -0.05) is 41.4 Å². The standard InChI is InChI=1S/C26H39BrN4O3/c1-6-7-14-30(24(32)20-31(16-17-34-5)25(33)28-26(2,3)4)19-23-9-8-15-29(23)18-21-10-12-22(27)13-11-21/h8-13,15H,6-7,14,16-20H2,1-5H3,(H,28,33). The average molecular weight is 536 g/mol. The molecule has 1 aromatic carbocycles. The number of ether oxygens (including phenoxy) is 1. The quantitative estimate of drug-likeness (QED) is 0.421. The highest BCUT2D eigenvalue weighted by Crippen LogP contribution is 2.15. The Morgan fingerprint density at radius 3 is 2.41 bits per heavy atom. The van der Waals surface area contributed by atoms with Gasteiger partial charge < -0.3 is 24.4 Å². The summed E-state index contributed by atoms with van der Waals surface area (Å²) in [5.41, 5.74) is 1.87. The van der Waals surface area contributed by atoms with Crippen molar-refractivity contribution in [2.24, 2.45) is 0 Å². The van der Waals surface area contributed by atoms with Crippen LogP contribution in [0.1, 0.15) is 51.8 Å². The van der Waals surface area contributed by atoms with Crippen LogP contribution in [0.5, 0.6) is 0 Å². The van der Waals surface area contributed by atoms with Crippen molar-refractivity contribution in [2.75, 3.05) is 33.4 Å². The van der Waals surface area contributed by atoms with Crippen LogP contribution < -0.4 is 5.32 Å². The van der Waals surface area contributed by atoms with Crippen LogP contribution in [0, 0.1) is 0 Å². The molecule has 1 N–H and O–H groups in total. The summed E-state index contributed by atoms with van der Waals surface area (Å²) in [4.78, 5) is 29.6. The normalized spacial score (nSPS) is 11.4. The fourth-order valence-electron chi connectivity index (χ4n) is 3.49. The number of carbonyl (C=O) groups is 2. The number of hydrogen-bond acceptors (Lipinski definition) is 3. The number of urea groups is 1. The Kier molecular flexibility index (Phi) is 11.1. The number of carbonyl (C=O) groups excluding carboxylic acids is 2. The van der Waals surface area contributed by atoms with Crippen molar-refractivity contribution in [3.8, 4) is 0 Å². The second-order valence-corrected chi connectivity index (χ2v) is 10.4. The maximum absolute atomic E-state index is 13.4. The smallest absolute Gasteiger partial charge is 0.318 e. The van der Waals surface area contributed by atoms with Gasteiger partial charge in [-0.05, 0) is 57.0 Å². The summed E-state index contributed by atoms with van der Waals surface area (Å²) >= 11 is 3.48. The number of benzene rings is 1. The van der Waals surface area contributed by atoms with E-state index in [2.05, 4.69) is 50.9 Å². The molecule has 0 aliphatic heterocycles. The monoisotopic (exact) mass is 534 g/mol. The topological polar surface area (TPSA) is 66.8 Å². The summed E-state index contributed by atoms with van der Waals surface area (Å²) < 4.78 is 8.39. The molecule has 1 aromatic heterocycles. The van der Waals surface area contributed by atoms with Crippen LogP contribution >= 0.6 is 15.9 Å². The molecule has 2 rings (SSSR count). The third-order valence-electron chi connectivity index (χ3n) is 5.34. The lowest BCUT2D eigenvalue weighted by Gasteiger charge is -2.30. The van der Waals surface area contributed by atoms with E-state index < -0.39 is 0 Å². The highest BCUT2D eigenvalue weighted by atomic mass is 79.9. The van der Waals surface area contributed by atoms with Crippen LogP contribution in [0.2, 0.25) is 0 Å². The van der Waals surface area contributed by atoms with E-state index in [-0.39, 0.29) is 24.0 Å². The predicted octanol–water partition coefficient (Wildman–Crippen LogP) is 4.88. The van der Waals surface area contributed by atoms with Gasteiger partial charge in [0.25, 0.3) is 0 Å². The zero-order valence-corrected chi connectivity index (χ0v) is 22.7. The molecule has 0 saturated heterocycles. The first kappa shape index (κ1) is 27.9. The van der Waals surface area contributed by atoms with Crippen LogP contribution in [0.25, 0.3) is 0 Å². The van der Waals surface area contributed by atoms with Gasteiger partial charge in [0.2, 0.25) is 5.91 Å². The number of halogens is 1. The Morgan fingerprint density at radius 2 is 1.79 bits per heavy atom. The van der Waals surface area contributed by atoms with E-state index in [4.69, 9.17) is 4.74 Å². The lowest BCUT2D eigenvalue weighted by molar-refractivity contribution is -0.132. The van der Waals surface area contributed by atoms with E-state index in [1.807, 2.05) is 50.1 Å². The fourth-order valence-corrected chi connectivity index (χ4v) is 3.75. The Hall–Kier alpha value is -2.32. The highest BCUT2D eigenvalue weighted by Gasteiger charge is 2.24. The SMILES string of the molecule is CCCCN(Cc1cccn1Cc1ccc(Br)cc1)C(=O)CN(CCOC)C(=O)NC(C)(C)C. The number of amides is 3. The molecule has 1 heterocycles. The van der Waals surface area contributed by atoms with Crippen LogP contribution in [0.4, 0.5) is 4.79 Å². The van der Waals surface area contributed by atoms with Crippen molar-refractivity contribution in [2.45, 2.75) is 59.2 Å². The second-order valence-electron chi connectivity index (χ2n) is 9.52. The maximum atomic E-state index is 13.4. The largest absolute Gasteiger partial charge is 0.383 e. The first-order valence-electron chi connectivity index (χ1n) is 11.8. The van der Waals surface area contributed by atoms with Gasteiger partial charge in [0, 0.05) is 48.6 Å². The van der Waals surface area contributed by atoms with E-state index in [9.17, 15) is 9.59 Å². The van der Waals surface area contributed by atoms with E-state index in [1.54, 1.807) is 7.11 Å². The van der Waals surface area contributed by atoms with Crippen molar-refractivity contribution in [3.05, 3.63) is 58.3 Å². The number of nitrogens with zero attached hydrogens (tertiary/aromatic N) is 3. The molecule has 0 atom stereocenters. The molecule has 0 bridgehead atoms. The molecule has 34 heavy (non-hydrogen) atoms. The minimum Gasteiger partial charge on any atom is -0.383 e. The predicted molar refractivity (Wildman–Crippen MR) is 140 cm³/mol. The van der Waals surface area contributed by atoms with Gasteiger partial charge in [0.1, 0.15) is 6.54 Å². The Bertz CT molecular complexity index is 906. The van der Waals surface area contributed by atoms with Gasteiger partial charge in [0.05, 0.1) is 13.2 Å². The summed E-state index contributed by atoms with van der Waals surface area (Å²) in [7, 11) is 1.59. The molecule has 3 amide bonds. The summed E-state index contributed by atoms with van der Waals surface area (Å²) in [5.74, 6) is -0.0648. The highest BCUT2D eigenvalue weighted by molar-refractivity contribution is 9.10. The van der Waals surface area contributed by atoms with Crippen molar-refractivity contribution < 1.29 is 14.3 Å². The van der Waals surface area contributed by atoms with E-state index in [1.165, 1.54) is 10.5 Å². The molecule has 2 aromatic rings. The van der Waals surface area contributed by atoms with E-state index in [0.717, 1.165) is 29.6 Å². The van der Waals surface area contributed by atoms with Crippen molar-refractivity contribution in [1.29, 1.82) is 0 Å². The Balaban J connectivity index is 2.14. The van der Waals surface area contributed by atoms with Crippen LogP contribution in [0.15, 0.2) is 47.1 Å². The third-order valence-corrected chi connectivity index (χ3v) is 5.87. The minimum atomic E-state index is -0.388. The molecule has 0 aliphatic rings. The molecule has 0 unspecified atom stereocenters. The first-order chi connectivity index (χ1) is 16.1. The fraction of sp³-hybridized carbons (Fsp3) is 0.538. The van der Waals surface area contributed by atoms with Gasteiger partial charge in [-0.25, -0.2) is 4.79 Å². The number of nitrogens with one attached hydrogen (secondary N) is 1. The summed E-state index contributed by atoms with van der Waals surface area (Å²) in [6.45, 7) is 10.5. The van der Waals surface area contributed by atoms with Gasteiger partial charge >= 0.3 is 6.03 Å². The van der Waals surface area contributed by atoms with Gasteiger partial charge in [-0.15, -0.1) is 0 Å². The average Bonchev–Trinajstić information content (AvgIpc) is 3.20. The van der Waals surface area contributed by atoms with Gasteiger partial charge in [-0.2, -0.15) is 0 Å². The number of hydrogen-bond donors (Lipinski definition) is 1. The summed E-state index contributed by atoms with van der Waals surface area (Å²) in [6, 6.07) is 12.1. The molecule has 0 radical (unpaired) electrons. The van der Waals surface area contributed by atoms with Crippen molar-refractivity contribution in [3.63, 3.8) is 0 Å². The minimum absolute atomic E-state index is 0.0163. The van der Waals surface area contributed by atoms with Crippen LogP contribution in [-0.2, 0) is 22.6 Å². The first-order valence-corrected chi connectivity index (χ1v) is 12.6. The molecule has 0 spiro atoms. The number of aromatic nitrogens is 1. The molecule has 7 nitrogen and oxygen atoms in total. The summed E-state index contributed by atoms with van der Waals surface area (Å²) in [5, 5.41) is 2.95. The van der Waals surface area contributed by atoms with Crippen molar-refractivity contribution >= 4 is 27.9 Å². The van der Waals surface area contributed by atoms with Crippen LogP contribution in [0.3, 0.4) is 0 Å². The lowest BCUT2D eigenvalue weighted by Crippen LogP contribution is -2.52. The molecule has 188 valence electrons. The Morgan fingerprint density at radius 1 is 1.09 bits per heavy atom. The molecule has 0 saturated carbocycles. The van der Waals surface area contributed by atoms with E-state index in [0.29, 0.717) is 26.2 Å². The van der Waals surface area contributed by atoms with Crippen LogP contribution in [-0.4, -0.2) is 65.2 Å². The Labute approximate surface area is 212 Å². The van der Waals surface area contributed by atoms with Gasteiger partial charge in [-0.3, -0.25) is 4.79 Å². The number of rotatable bonds is 12. The molecule has 8 heteroatoms. The molecular weight excluding hydrogens is 496 g/mol. The van der Waals surface area contributed by atoms with E-state index >= 15 is 0 Å². The maximum Gasteiger partial charge on any atom is 0.318 e. The molecule has 0 fully saturated rings. The molecular formula is C26H39BrN4O3. The lowest BCUT2D eigenvalue weighted by atomic mass is 10.1. The summed E-state index contributed by atoms with van der Waals surface area (Å²) in [6.07, 6.45) is 3.94. The molecule has 0 aliphatic carbocycles. The second kappa shape index (κ2) is 13.5.